The molecule has 0 saturated carbocycles. The lowest BCUT2D eigenvalue weighted by Gasteiger charge is -2.56. The first kappa shape index (κ1) is 19.1. The van der Waals surface area contributed by atoms with Crippen LogP contribution in [0.25, 0.3) is 0 Å². The van der Waals surface area contributed by atoms with Crippen LogP contribution in [0.4, 0.5) is 0 Å². The highest BCUT2D eigenvalue weighted by Gasteiger charge is 2.60. The molecule has 0 aliphatic carbocycles. The van der Waals surface area contributed by atoms with E-state index < -0.39 is 0 Å². The standard InChI is InChI=1S/C20H36N2O4/c1-17(2,3)21-12-20(13-21)16(24)8-14(26-20)9-18(4,5)22-10-19(11-22)15(23)6-7-25-19/h14-16,23-24H,6-13H2,1-5H3/t14?,15-,16+/m1/s1. The zero-order valence-electron chi connectivity index (χ0n) is 17.0. The van der Waals surface area contributed by atoms with Gasteiger partial charge in [-0.25, -0.2) is 0 Å². The van der Waals surface area contributed by atoms with Gasteiger partial charge in [0.2, 0.25) is 0 Å². The van der Waals surface area contributed by atoms with Gasteiger partial charge in [0, 0.05) is 43.7 Å². The number of hydrogen-bond acceptors (Lipinski definition) is 6. The highest BCUT2D eigenvalue weighted by molar-refractivity contribution is 5.12. The van der Waals surface area contributed by atoms with Crippen LogP contribution in [0.3, 0.4) is 0 Å². The van der Waals surface area contributed by atoms with Gasteiger partial charge in [-0.15, -0.1) is 0 Å². The number of rotatable bonds is 3. The number of hydrogen-bond donors (Lipinski definition) is 2. The summed E-state index contributed by atoms with van der Waals surface area (Å²) in [5.41, 5.74) is -0.606. The summed E-state index contributed by atoms with van der Waals surface area (Å²) < 4.78 is 12.3. The largest absolute Gasteiger partial charge is 0.390 e. The van der Waals surface area contributed by atoms with Crippen molar-refractivity contribution in [2.75, 3.05) is 32.8 Å². The third kappa shape index (κ3) is 2.93. The van der Waals surface area contributed by atoms with Crippen LogP contribution in [0.15, 0.2) is 0 Å². The molecule has 26 heavy (non-hydrogen) atoms. The minimum Gasteiger partial charge on any atom is -0.390 e. The van der Waals surface area contributed by atoms with E-state index in [1.54, 1.807) is 0 Å². The van der Waals surface area contributed by atoms with E-state index in [0.29, 0.717) is 6.61 Å². The topological polar surface area (TPSA) is 65.4 Å². The van der Waals surface area contributed by atoms with Gasteiger partial charge in [0.25, 0.3) is 0 Å². The van der Waals surface area contributed by atoms with Gasteiger partial charge in [-0.2, -0.15) is 0 Å². The van der Waals surface area contributed by atoms with Crippen LogP contribution in [-0.4, -0.2) is 93.4 Å². The van der Waals surface area contributed by atoms with Crippen LogP contribution < -0.4 is 0 Å². The van der Waals surface area contributed by atoms with E-state index in [0.717, 1.165) is 45.4 Å². The van der Waals surface area contributed by atoms with Crippen LogP contribution in [0.5, 0.6) is 0 Å². The van der Waals surface area contributed by atoms with Crippen molar-refractivity contribution in [1.82, 2.24) is 9.80 Å². The zero-order valence-corrected chi connectivity index (χ0v) is 17.0. The number of ether oxygens (including phenoxy) is 2. The van der Waals surface area contributed by atoms with Crippen LogP contribution in [0.2, 0.25) is 0 Å². The first-order valence-electron chi connectivity index (χ1n) is 10.1. The van der Waals surface area contributed by atoms with E-state index in [1.807, 2.05) is 0 Å². The summed E-state index contributed by atoms with van der Waals surface area (Å²) in [6, 6.07) is 0. The molecule has 6 nitrogen and oxygen atoms in total. The maximum absolute atomic E-state index is 10.6. The van der Waals surface area contributed by atoms with Crippen LogP contribution >= 0.6 is 0 Å². The van der Waals surface area contributed by atoms with Crippen molar-refractivity contribution < 1.29 is 19.7 Å². The summed E-state index contributed by atoms with van der Waals surface area (Å²) in [5.74, 6) is 0. The van der Waals surface area contributed by atoms with Gasteiger partial charge in [0.15, 0.2) is 0 Å². The second-order valence-electron chi connectivity index (χ2n) is 10.7. The van der Waals surface area contributed by atoms with Gasteiger partial charge in [-0.1, -0.05) is 0 Å². The van der Waals surface area contributed by atoms with Gasteiger partial charge in [-0.3, -0.25) is 9.80 Å². The fraction of sp³-hybridized carbons (Fsp3) is 1.00. The first-order chi connectivity index (χ1) is 12.0. The molecule has 150 valence electrons. The average Bonchev–Trinajstić information content (AvgIpc) is 2.94. The molecular formula is C20H36N2O4. The SMILES string of the molecule is CC(C)(C)N1CC2(C1)OC(CC(C)(C)N1CC3(C1)OCC[C@H]3O)C[C@@H]2O. The van der Waals surface area contributed by atoms with E-state index >= 15 is 0 Å². The Morgan fingerprint density at radius 1 is 0.923 bits per heavy atom. The fourth-order valence-electron chi connectivity index (χ4n) is 5.16. The van der Waals surface area contributed by atoms with Crippen molar-refractivity contribution in [2.45, 2.75) is 94.5 Å². The molecule has 4 heterocycles. The molecule has 0 aromatic carbocycles. The third-order valence-electron chi connectivity index (χ3n) is 7.25. The molecule has 6 heteroatoms. The number of aliphatic hydroxyl groups is 2. The zero-order chi connectivity index (χ0) is 19.0. The minimum atomic E-state index is -0.371. The summed E-state index contributed by atoms with van der Waals surface area (Å²) in [5, 5.41) is 20.8. The second-order valence-corrected chi connectivity index (χ2v) is 10.7. The lowest BCUT2D eigenvalue weighted by molar-refractivity contribution is -0.203. The first-order valence-corrected chi connectivity index (χ1v) is 10.1. The molecule has 3 atom stereocenters. The van der Waals surface area contributed by atoms with Crippen LogP contribution in [0.1, 0.15) is 53.9 Å². The van der Waals surface area contributed by atoms with Gasteiger partial charge in [0.1, 0.15) is 11.2 Å². The second kappa shape index (κ2) is 5.88. The Kier molecular flexibility index (Phi) is 4.32. The van der Waals surface area contributed by atoms with E-state index in [-0.39, 0.29) is 40.6 Å². The van der Waals surface area contributed by atoms with E-state index in [4.69, 9.17) is 9.47 Å². The monoisotopic (exact) mass is 368 g/mol. The predicted molar refractivity (Wildman–Crippen MR) is 99.1 cm³/mol. The molecule has 4 aliphatic heterocycles. The number of aliphatic hydroxyl groups excluding tert-OH is 2. The molecule has 4 fully saturated rings. The lowest BCUT2D eigenvalue weighted by Crippen LogP contribution is -2.71. The van der Waals surface area contributed by atoms with E-state index in [1.165, 1.54) is 0 Å². The molecule has 0 aromatic heterocycles. The molecule has 4 aliphatic rings. The van der Waals surface area contributed by atoms with Gasteiger partial charge >= 0.3 is 0 Å². The fourth-order valence-corrected chi connectivity index (χ4v) is 5.16. The number of likely N-dealkylation sites (tertiary alicyclic amines) is 2. The summed E-state index contributed by atoms with van der Waals surface area (Å²) in [6.07, 6.45) is 1.75. The normalized spacial score (nSPS) is 37.3. The molecule has 0 radical (unpaired) electrons. The predicted octanol–water partition coefficient (Wildman–Crippen LogP) is 0.993. The highest BCUT2D eigenvalue weighted by atomic mass is 16.5. The molecule has 2 spiro atoms. The van der Waals surface area contributed by atoms with Crippen molar-refractivity contribution >= 4 is 0 Å². The quantitative estimate of drug-likeness (QED) is 0.775. The Labute approximate surface area is 157 Å². The van der Waals surface area contributed by atoms with Crippen molar-refractivity contribution in [3.63, 3.8) is 0 Å². The van der Waals surface area contributed by atoms with Gasteiger partial charge in [-0.05, 0) is 47.5 Å². The van der Waals surface area contributed by atoms with Crippen molar-refractivity contribution in [3.8, 4) is 0 Å². The molecule has 2 N–H and O–H groups in total. The Morgan fingerprint density at radius 3 is 2.08 bits per heavy atom. The highest BCUT2D eigenvalue weighted by Crippen LogP contribution is 2.45. The summed E-state index contributed by atoms with van der Waals surface area (Å²) in [6.45, 7) is 15.0. The maximum Gasteiger partial charge on any atom is 0.120 e. The Balaban J connectivity index is 1.32. The summed E-state index contributed by atoms with van der Waals surface area (Å²) in [7, 11) is 0. The molecule has 0 bridgehead atoms. The van der Waals surface area contributed by atoms with Gasteiger partial charge < -0.3 is 19.7 Å². The van der Waals surface area contributed by atoms with E-state index in [9.17, 15) is 10.2 Å². The Hall–Kier alpha value is -0.240. The van der Waals surface area contributed by atoms with Crippen LogP contribution in [-0.2, 0) is 9.47 Å². The molecule has 1 unspecified atom stereocenters. The Morgan fingerprint density at radius 2 is 1.54 bits per heavy atom. The molecule has 4 saturated heterocycles. The average molecular weight is 369 g/mol. The molecule has 0 amide bonds. The van der Waals surface area contributed by atoms with Crippen LogP contribution in [0, 0.1) is 0 Å². The summed E-state index contributed by atoms with van der Waals surface area (Å²) in [4.78, 5) is 4.77. The lowest BCUT2D eigenvalue weighted by atomic mass is 9.81. The van der Waals surface area contributed by atoms with Crippen molar-refractivity contribution in [3.05, 3.63) is 0 Å². The number of nitrogens with zero attached hydrogens (tertiary/aromatic N) is 2. The molecular weight excluding hydrogens is 332 g/mol. The molecule has 4 rings (SSSR count). The smallest absolute Gasteiger partial charge is 0.120 e. The van der Waals surface area contributed by atoms with Crippen molar-refractivity contribution in [2.24, 2.45) is 0 Å². The Bertz CT molecular complexity index is 547. The van der Waals surface area contributed by atoms with Gasteiger partial charge in [0.05, 0.1) is 24.9 Å². The molecule has 0 aromatic rings. The third-order valence-corrected chi connectivity index (χ3v) is 7.25. The minimum absolute atomic E-state index is 0.0275. The summed E-state index contributed by atoms with van der Waals surface area (Å²) >= 11 is 0. The van der Waals surface area contributed by atoms with E-state index in [2.05, 4.69) is 44.4 Å². The maximum atomic E-state index is 10.6. The van der Waals surface area contributed by atoms with Crippen molar-refractivity contribution in [1.29, 1.82) is 0 Å².